The summed E-state index contributed by atoms with van der Waals surface area (Å²) in [5, 5.41) is 29.7. The maximum absolute atomic E-state index is 13.4. The number of amides is 2. The van der Waals surface area contributed by atoms with Crippen LogP contribution in [-0.4, -0.2) is 125 Å². The van der Waals surface area contributed by atoms with Crippen LogP contribution >= 0.6 is 12.2 Å². The number of phenolic OH excluding ortho intramolecular Hbond substituents is 2. The molecule has 0 fully saturated rings. The second-order valence-corrected chi connectivity index (χ2v) is 17.0. The number of nitrogens with one attached hydrogen (secondary N) is 3. The standard InChI is InChI=1S/C54H56N4O13S/c59-41-12-15-45-48(34-41)70-49-35-42(60)13-16-46(49)54(45)44-14-11-40(33-43(44)52(63)71-54)57-53(72)56-20-22-65-24-26-67-28-30-69-32-31-68-29-27-66-25-23-64-21-19-55-50(61)17-18-51(62)58-36-39-7-2-1-5-37(39)9-10-38-6-3-4-8-47(38)58/h1-8,11-16,33-35,59-60H,17-32,36H2,(H,55,61)(H2,56,57,72). The Balaban J connectivity index is 0.593. The zero-order chi connectivity index (χ0) is 50.1. The molecule has 0 bridgehead atoms. The lowest BCUT2D eigenvalue weighted by Crippen LogP contribution is -2.34. The number of anilines is 2. The van der Waals surface area contributed by atoms with E-state index in [-0.39, 0.29) is 36.2 Å². The number of para-hydroxylation sites is 1. The van der Waals surface area contributed by atoms with E-state index in [1.54, 1.807) is 35.2 Å². The molecule has 5 aromatic rings. The van der Waals surface area contributed by atoms with E-state index in [1.165, 1.54) is 24.3 Å². The van der Waals surface area contributed by atoms with Gasteiger partial charge in [-0.3, -0.25) is 9.59 Å². The Labute approximate surface area is 422 Å². The Morgan fingerprint density at radius 3 is 1.78 bits per heavy atom. The number of fused-ring (bicyclic) bond motifs is 8. The van der Waals surface area contributed by atoms with Gasteiger partial charge in [0.15, 0.2) is 10.7 Å². The molecule has 17 nitrogen and oxygen atoms in total. The van der Waals surface area contributed by atoms with Crippen LogP contribution in [0.3, 0.4) is 0 Å². The smallest absolute Gasteiger partial charge is 0.340 e. The van der Waals surface area contributed by atoms with Gasteiger partial charge in [0.1, 0.15) is 23.0 Å². The van der Waals surface area contributed by atoms with Crippen LogP contribution in [0.15, 0.2) is 103 Å². The van der Waals surface area contributed by atoms with Crippen molar-refractivity contribution >= 4 is 46.5 Å². The van der Waals surface area contributed by atoms with Crippen LogP contribution in [0.4, 0.5) is 11.4 Å². The first-order valence-corrected chi connectivity index (χ1v) is 24.1. The van der Waals surface area contributed by atoms with Crippen molar-refractivity contribution in [3.05, 3.63) is 142 Å². The quantitative estimate of drug-likeness (QED) is 0.0200. The van der Waals surface area contributed by atoms with Crippen molar-refractivity contribution in [2.24, 2.45) is 0 Å². The predicted octanol–water partition coefficient (Wildman–Crippen LogP) is 5.89. The van der Waals surface area contributed by atoms with E-state index in [4.69, 9.17) is 50.1 Å². The third-order valence-electron chi connectivity index (χ3n) is 11.7. The lowest BCUT2D eigenvalue weighted by molar-refractivity contribution is -0.125. The molecule has 3 aliphatic rings. The van der Waals surface area contributed by atoms with Crippen molar-refractivity contribution in [3.63, 3.8) is 0 Å². The van der Waals surface area contributed by atoms with Gasteiger partial charge in [0.2, 0.25) is 11.8 Å². The van der Waals surface area contributed by atoms with Gasteiger partial charge >= 0.3 is 5.97 Å². The van der Waals surface area contributed by atoms with Crippen molar-refractivity contribution in [3.8, 4) is 34.8 Å². The van der Waals surface area contributed by atoms with E-state index < -0.39 is 11.6 Å². The molecule has 3 heterocycles. The molecule has 0 aromatic heterocycles. The number of aromatic hydroxyl groups is 2. The minimum absolute atomic E-state index is 0.0178. The normalized spacial score (nSPS) is 13.4. The van der Waals surface area contributed by atoms with Gasteiger partial charge < -0.3 is 69.0 Å². The third-order valence-corrected chi connectivity index (χ3v) is 12.0. The number of hydrogen-bond acceptors (Lipinski definition) is 14. The van der Waals surface area contributed by atoms with Crippen molar-refractivity contribution in [2.75, 3.05) is 103 Å². The Morgan fingerprint density at radius 2 is 1.15 bits per heavy atom. The van der Waals surface area contributed by atoms with Crippen LogP contribution < -0.4 is 25.6 Å². The number of nitrogens with zero attached hydrogens (tertiary/aromatic N) is 1. The fraction of sp³-hybridized carbons (Fsp3) is 0.333. The molecular formula is C54H56N4O13S. The molecule has 5 N–H and O–H groups in total. The topological polar surface area (TPSA) is 205 Å². The van der Waals surface area contributed by atoms with Gasteiger partial charge in [0.05, 0.1) is 97.1 Å². The van der Waals surface area contributed by atoms with E-state index >= 15 is 0 Å². The summed E-state index contributed by atoms with van der Waals surface area (Å²) in [4.78, 5) is 41.0. The van der Waals surface area contributed by atoms with Crippen molar-refractivity contribution in [1.29, 1.82) is 0 Å². The largest absolute Gasteiger partial charge is 0.508 e. The number of benzene rings is 5. The highest BCUT2D eigenvalue weighted by Gasteiger charge is 2.53. The Morgan fingerprint density at radius 1 is 0.625 bits per heavy atom. The first kappa shape index (κ1) is 51.3. The Kier molecular flexibility index (Phi) is 18.1. The Bertz CT molecular complexity index is 2740. The zero-order valence-corrected chi connectivity index (χ0v) is 40.4. The summed E-state index contributed by atoms with van der Waals surface area (Å²) in [5.74, 6) is 6.08. The van der Waals surface area contributed by atoms with E-state index in [0.717, 1.165) is 22.4 Å². The summed E-state index contributed by atoms with van der Waals surface area (Å²) in [6.45, 7) is 5.92. The molecule has 5 aromatic carbocycles. The molecule has 2 amide bonds. The van der Waals surface area contributed by atoms with Crippen LogP contribution in [0.1, 0.15) is 56.6 Å². The van der Waals surface area contributed by atoms with Gasteiger partial charge in [0, 0.05) is 71.6 Å². The number of carbonyl (C=O) groups excluding carboxylic acids is 3. The fourth-order valence-electron chi connectivity index (χ4n) is 8.31. The fourth-order valence-corrected chi connectivity index (χ4v) is 8.53. The van der Waals surface area contributed by atoms with E-state index in [2.05, 4.69) is 27.8 Å². The van der Waals surface area contributed by atoms with Crippen LogP contribution in [-0.2, 0) is 54.9 Å². The number of thiocarbonyl (C=S) groups is 1. The minimum Gasteiger partial charge on any atom is -0.508 e. The first-order chi connectivity index (χ1) is 35.2. The molecule has 0 saturated carbocycles. The molecule has 0 radical (unpaired) electrons. The van der Waals surface area contributed by atoms with Crippen LogP contribution in [0.5, 0.6) is 23.0 Å². The SMILES string of the molecule is O=C(CCC(=O)N1Cc2ccccc2C#Cc2ccccc21)NCCOCCOCCOCCOCCOCCOCCNC(=S)Nc1ccc2c(c1)C(=O)OC21c2ccc(O)cc2Oc2cc(O)ccc21. The summed E-state index contributed by atoms with van der Waals surface area (Å²) in [5.41, 5.74) is 4.61. The van der Waals surface area contributed by atoms with Gasteiger partial charge in [-0.25, -0.2) is 4.79 Å². The van der Waals surface area contributed by atoms with Gasteiger partial charge in [-0.15, -0.1) is 0 Å². The van der Waals surface area contributed by atoms with Crippen LogP contribution in [0, 0.1) is 11.8 Å². The number of ether oxygens (including phenoxy) is 8. The van der Waals surface area contributed by atoms with Crippen LogP contribution in [0.25, 0.3) is 0 Å². The number of esters is 1. The highest BCUT2D eigenvalue weighted by Crippen LogP contribution is 2.57. The molecule has 1 spiro atoms. The van der Waals surface area contributed by atoms with E-state index in [0.29, 0.717) is 143 Å². The lowest BCUT2D eigenvalue weighted by Gasteiger charge is -2.36. The predicted molar refractivity (Wildman–Crippen MR) is 269 cm³/mol. The number of phenols is 2. The number of rotatable bonds is 25. The molecule has 0 atom stereocenters. The molecule has 0 saturated heterocycles. The monoisotopic (exact) mass is 1000 g/mol. The molecule has 18 heteroatoms. The van der Waals surface area contributed by atoms with Gasteiger partial charge in [0.25, 0.3) is 0 Å². The van der Waals surface area contributed by atoms with Crippen molar-refractivity contribution in [2.45, 2.75) is 25.0 Å². The average Bonchev–Trinajstić information content (AvgIpc) is 3.65. The Hall–Kier alpha value is -7.08. The van der Waals surface area contributed by atoms with Crippen molar-refractivity contribution in [1.82, 2.24) is 10.6 Å². The number of hydrogen-bond donors (Lipinski definition) is 5. The molecule has 0 aliphatic carbocycles. The average molecular weight is 1000 g/mol. The molecule has 72 heavy (non-hydrogen) atoms. The summed E-state index contributed by atoms with van der Waals surface area (Å²) in [7, 11) is 0. The lowest BCUT2D eigenvalue weighted by atomic mass is 9.77. The summed E-state index contributed by atoms with van der Waals surface area (Å²) in [6.07, 6.45) is 0.143. The van der Waals surface area contributed by atoms with E-state index in [1.807, 2.05) is 48.5 Å². The molecular weight excluding hydrogens is 945 g/mol. The first-order valence-electron chi connectivity index (χ1n) is 23.7. The van der Waals surface area contributed by atoms with Gasteiger partial charge in [-0.05, 0) is 72.4 Å². The second kappa shape index (κ2) is 25.3. The summed E-state index contributed by atoms with van der Waals surface area (Å²) < 4.78 is 45.6. The second-order valence-electron chi connectivity index (χ2n) is 16.6. The maximum atomic E-state index is 13.4. The molecule has 3 aliphatic heterocycles. The minimum atomic E-state index is -1.34. The van der Waals surface area contributed by atoms with Gasteiger partial charge in [-0.1, -0.05) is 48.2 Å². The third kappa shape index (κ3) is 13.1. The highest BCUT2D eigenvalue weighted by atomic mass is 32.1. The zero-order valence-electron chi connectivity index (χ0n) is 39.6. The van der Waals surface area contributed by atoms with Crippen molar-refractivity contribution < 1.29 is 62.5 Å². The highest BCUT2D eigenvalue weighted by molar-refractivity contribution is 7.80. The molecule has 8 rings (SSSR count). The van der Waals surface area contributed by atoms with Gasteiger partial charge in [-0.2, -0.15) is 0 Å². The summed E-state index contributed by atoms with van der Waals surface area (Å²) >= 11 is 5.48. The molecule has 0 unspecified atom stereocenters. The summed E-state index contributed by atoms with van der Waals surface area (Å²) in [6, 6.07) is 29.8. The number of carbonyl (C=O) groups is 3. The maximum Gasteiger partial charge on any atom is 0.340 e. The van der Waals surface area contributed by atoms with Crippen LogP contribution in [0.2, 0.25) is 0 Å². The molecule has 376 valence electrons. The van der Waals surface area contributed by atoms with E-state index in [9.17, 15) is 24.6 Å².